The zero-order chi connectivity index (χ0) is 65.5. The van der Waals surface area contributed by atoms with Crippen molar-refractivity contribution in [2.24, 2.45) is 0 Å². The maximum absolute atomic E-state index is 10.7. The number of nitrogens with zero attached hydrogens (tertiary/aromatic N) is 1. The van der Waals surface area contributed by atoms with Crippen molar-refractivity contribution in [3.05, 3.63) is 329 Å². The molecule has 15 rings (SSSR count). The number of para-hydroxylation sites is 1. The van der Waals surface area contributed by atoms with Gasteiger partial charge in [0.1, 0.15) is 0 Å². The van der Waals surface area contributed by atoms with Crippen molar-refractivity contribution in [2.75, 3.05) is 4.90 Å². The van der Waals surface area contributed by atoms with Crippen molar-refractivity contribution in [1.29, 1.82) is 0 Å². The lowest BCUT2D eigenvalue weighted by Crippen LogP contribution is -2.28. The molecular weight excluding hydrogens is 879 g/mol. The number of rotatable bonds is 7. The van der Waals surface area contributed by atoms with Gasteiger partial charge in [0.2, 0.25) is 0 Å². The lowest BCUT2D eigenvalue weighted by molar-refractivity contribution is 0.769. The van der Waals surface area contributed by atoms with Crippen molar-refractivity contribution >= 4 is 27.8 Å². The smallest absolute Gasteiger partial charge is 0.0726 e. The van der Waals surface area contributed by atoms with Gasteiger partial charge in [0.25, 0.3) is 0 Å². The molecule has 0 N–H and O–H groups in total. The van der Waals surface area contributed by atoms with Crippen molar-refractivity contribution in [3.8, 4) is 55.6 Å². The van der Waals surface area contributed by atoms with E-state index in [4.69, 9.17) is 12.3 Å². The van der Waals surface area contributed by atoms with E-state index in [9.17, 15) is 15.1 Å². The van der Waals surface area contributed by atoms with E-state index >= 15 is 0 Å². The van der Waals surface area contributed by atoms with E-state index in [0.29, 0.717) is 5.56 Å². The van der Waals surface area contributed by atoms with E-state index in [2.05, 4.69) is 66.7 Å². The van der Waals surface area contributed by atoms with E-state index in [-0.39, 0.29) is 5.69 Å². The molecule has 12 aromatic rings. The molecule has 3 aliphatic rings. The van der Waals surface area contributed by atoms with Gasteiger partial charge < -0.3 is 4.90 Å². The fourth-order valence-corrected chi connectivity index (χ4v) is 12.0. The topological polar surface area (TPSA) is 3.24 Å². The second-order valence-electron chi connectivity index (χ2n) is 18.3. The molecule has 1 spiro atoms. The summed E-state index contributed by atoms with van der Waals surface area (Å²) in [7, 11) is 0. The number of anilines is 3. The second-order valence-corrected chi connectivity index (χ2v) is 18.3. The molecule has 0 radical (unpaired) electrons. The molecule has 0 saturated carbocycles. The van der Waals surface area contributed by atoms with Crippen LogP contribution in [0.3, 0.4) is 0 Å². The molecule has 0 atom stereocenters. The molecule has 3 aliphatic carbocycles. The first-order valence-corrected chi connectivity index (χ1v) is 23.9. The molecule has 0 amide bonds. The lowest BCUT2D eigenvalue weighted by Gasteiger charge is -2.34. The Labute approximate surface area is 454 Å². The van der Waals surface area contributed by atoms with Gasteiger partial charge in [-0.1, -0.05) is 242 Å². The first-order chi connectivity index (χ1) is 44.5. The van der Waals surface area contributed by atoms with Crippen LogP contribution in [-0.4, -0.2) is 0 Å². The fraction of sp³-hybridized carbons (Fsp3) is 0.0278. The van der Waals surface area contributed by atoms with Crippen molar-refractivity contribution in [3.63, 3.8) is 0 Å². The SMILES string of the molecule is [2H]c1c([2H])c([2H])c(N(c2ccc(-c3ccc4ccccc4c3-c3ccc4c(c3)C(c3ccccc3)(c3ccccc3)c3ccccc3-4)cc2)c2c([2H])c([2H])c3c(c2[2H])C2(c4c([2H])c([2H])c([2H])c([2H])c4-c4c([2H])c([2H])c([2H])c([2H])c42)c2c([2H])c([2H])c([2H])c([2H])c2-3)c([2H])c1[2H]. The zero-order valence-corrected chi connectivity index (χ0v) is 38.5. The van der Waals surface area contributed by atoms with Crippen molar-refractivity contribution in [1.82, 2.24) is 0 Å². The third kappa shape index (κ3) is 5.85. The standard InChI is InChI=1S/C72H47N/c1-4-21-51(22-5-1)71(52-23-6-2-7-24-52)64-32-16-12-30-60(64)62-44-39-50(46-68(62)71)70-56-27-11-10-20-48(56)38-43-57(70)49-36-40-54(41-37-49)73(53-25-8-3-9-26-53)55-42-45-63-61-31-15-19-35-67(61)72(69(63)47-55)65-33-17-13-28-58(65)59-29-14-18-34-66(59)72/h1-47H/i3D,8D,9D,13D,14D,15D,17D,18D,19D,25D,26D,28D,29D,31D,33D,34D,35D,42D,45D,47D. The summed E-state index contributed by atoms with van der Waals surface area (Å²) in [5.41, 5.74) is 0.997. The van der Waals surface area contributed by atoms with Crippen molar-refractivity contribution in [2.45, 2.75) is 10.8 Å². The number of hydrogen-bond acceptors (Lipinski definition) is 1. The van der Waals surface area contributed by atoms with E-state index in [1.54, 1.807) is 24.3 Å². The van der Waals surface area contributed by atoms with E-state index in [0.717, 1.165) is 65.7 Å². The van der Waals surface area contributed by atoms with Crippen LogP contribution < -0.4 is 4.90 Å². The van der Waals surface area contributed by atoms with Crippen LogP contribution in [0, 0.1) is 0 Å². The monoisotopic (exact) mass is 945 g/mol. The predicted octanol–water partition coefficient (Wildman–Crippen LogP) is 18.4. The molecule has 0 aromatic heterocycles. The van der Waals surface area contributed by atoms with Crippen LogP contribution in [0.2, 0.25) is 0 Å². The van der Waals surface area contributed by atoms with Crippen LogP contribution in [0.15, 0.2) is 285 Å². The molecule has 340 valence electrons. The summed E-state index contributed by atoms with van der Waals surface area (Å²) >= 11 is 0. The Kier molecular flexibility index (Phi) is 5.79. The first-order valence-electron chi connectivity index (χ1n) is 33.9. The molecule has 0 aliphatic heterocycles. The van der Waals surface area contributed by atoms with E-state index in [1.807, 2.05) is 72.8 Å². The summed E-state index contributed by atoms with van der Waals surface area (Å²) in [6.45, 7) is 0. The first kappa shape index (κ1) is 26.2. The average Bonchev–Trinajstić information content (AvgIpc) is 1.48. The Morgan fingerprint density at radius 3 is 1.51 bits per heavy atom. The van der Waals surface area contributed by atoms with Crippen LogP contribution in [0.4, 0.5) is 17.1 Å². The van der Waals surface area contributed by atoms with Gasteiger partial charge in [0.15, 0.2) is 0 Å². The maximum Gasteiger partial charge on any atom is 0.0726 e. The highest BCUT2D eigenvalue weighted by Crippen LogP contribution is 2.64. The highest BCUT2D eigenvalue weighted by atomic mass is 15.1. The van der Waals surface area contributed by atoms with Gasteiger partial charge in [0, 0.05) is 17.1 Å². The quantitative estimate of drug-likeness (QED) is 0.154. The Hall–Kier alpha value is -9.30. The molecule has 0 heterocycles. The molecule has 12 aromatic carbocycles. The highest BCUT2D eigenvalue weighted by molar-refractivity contribution is 6.05. The molecular formula is C72H47N. The number of fused-ring (bicyclic) bond motifs is 14. The zero-order valence-electron chi connectivity index (χ0n) is 58.5. The summed E-state index contributed by atoms with van der Waals surface area (Å²) < 4.78 is 188. The third-order valence-electron chi connectivity index (χ3n) is 14.9. The molecule has 0 saturated heterocycles. The molecule has 0 fully saturated rings. The predicted molar refractivity (Wildman–Crippen MR) is 303 cm³/mol. The van der Waals surface area contributed by atoms with Gasteiger partial charge in [-0.2, -0.15) is 0 Å². The van der Waals surface area contributed by atoms with Gasteiger partial charge in [-0.15, -0.1) is 0 Å². The van der Waals surface area contributed by atoms with Crippen molar-refractivity contribution < 1.29 is 27.4 Å². The summed E-state index contributed by atoms with van der Waals surface area (Å²) in [5.74, 6) is 0. The van der Waals surface area contributed by atoms with Gasteiger partial charge >= 0.3 is 0 Å². The van der Waals surface area contributed by atoms with Crippen LogP contribution in [-0.2, 0) is 10.8 Å². The Bertz CT molecular complexity index is 5170. The average molecular weight is 946 g/mol. The lowest BCUT2D eigenvalue weighted by atomic mass is 9.67. The van der Waals surface area contributed by atoms with Gasteiger partial charge in [-0.3, -0.25) is 0 Å². The maximum atomic E-state index is 10.7. The fourth-order valence-electron chi connectivity index (χ4n) is 12.0. The molecule has 0 unspecified atom stereocenters. The molecule has 0 bridgehead atoms. The van der Waals surface area contributed by atoms with Crippen LogP contribution in [0.1, 0.15) is 71.9 Å². The largest absolute Gasteiger partial charge is 0.310 e. The summed E-state index contributed by atoms with van der Waals surface area (Å²) in [5, 5.41) is 1.86. The molecule has 73 heavy (non-hydrogen) atoms. The Morgan fingerprint density at radius 2 is 0.836 bits per heavy atom. The second kappa shape index (κ2) is 16.1. The third-order valence-corrected chi connectivity index (χ3v) is 14.9. The summed E-state index contributed by atoms with van der Waals surface area (Å²) in [6.07, 6.45) is 0. The minimum atomic E-state index is -2.71. The normalized spacial score (nSPS) is 17.5. The molecule has 1 nitrogen and oxygen atoms in total. The minimum absolute atomic E-state index is 0.0170. The van der Waals surface area contributed by atoms with E-state index in [1.165, 1.54) is 0 Å². The van der Waals surface area contributed by atoms with Crippen LogP contribution in [0.25, 0.3) is 66.4 Å². The highest BCUT2D eigenvalue weighted by Gasteiger charge is 2.52. The Balaban J connectivity index is 1.01. The summed E-state index contributed by atoms with van der Waals surface area (Å²) in [6, 6.07) is 38.1. The van der Waals surface area contributed by atoms with Gasteiger partial charge in [-0.05, 0) is 153 Å². The minimum Gasteiger partial charge on any atom is -0.310 e. The van der Waals surface area contributed by atoms with Crippen LogP contribution in [0.5, 0.6) is 0 Å². The summed E-state index contributed by atoms with van der Waals surface area (Å²) in [4.78, 5) is 1.06. The van der Waals surface area contributed by atoms with Gasteiger partial charge in [0.05, 0.1) is 38.2 Å². The number of benzene rings is 12. The molecule has 1 heteroatoms. The van der Waals surface area contributed by atoms with Gasteiger partial charge in [-0.25, -0.2) is 0 Å². The van der Waals surface area contributed by atoms with E-state index < -0.39 is 188 Å². The Morgan fingerprint density at radius 1 is 0.301 bits per heavy atom. The van der Waals surface area contributed by atoms with Crippen LogP contribution >= 0.6 is 0 Å². The number of hydrogen-bond donors (Lipinski definition) is 0.